The normalized spacial score (nSPS) is 19.0. The minimum atomic E-state index is 0.0201. The zero-order chi connectivity index (χ0) is 18.6. The van der Waals surface area contributed by atoms with E-state index >= 15 is 0 Å². The van der Waals surface area contributed by atoms with E-state index in [1.54, 1.807) is 5.56 Å². The van der Waals surface area contributed by atoms with Gasteiger partial charge in [0.05, 0.1) is 5.69 Å². The van der Waals surface area contributed by atoms with E-state index in [9.17, 15) is 0 Å². The molecule has 3 aromatic rings. The fourth-order valence-electron chi connectivity index (χ4n) is 5.43. The van der Waals surface area contributed by atoms with Gasteiger partial charge in [0.15, 0.2) is 0 Å². The van der Waals surface area contributed by atoms with E-state index in [4.69, 9.17) is 0 Å². The van der Waals surface area contributed by atoms with Crippen molar-refractivity contribution in [2.24, 2.45) is 0 Å². The zero-order valence-corrected chi connectivity index (χ0v) is 16.8. The second kappa shape index (κ2) is 6.12. The molecule has 0 N–H and O–H groups in total. The van der Waals surface area contributed by atoms with Crippen LogP contribution in [-0.4, -0.2) is 7.05 Å². The summed E-state index contributed by atoms with van der Waals surface area (Å²) in [6.45, 7) is 4.76. The van der Waals surface area contributed by atoms with Crippen molar-refractivity contribution in [1.82, 2.24) is 0 Å². The van der Waals surface area contributed by atoms with Gasteiger partial charge in [-0.3, -0.25) is 0 Å². The lowest BCUT2D eigenvalue weighted by molar-refractivity contribution is 0.443. The average molecular weight is 356 g/mol. The van der Waals surface area contributed by atoms with Gasteiger partial charge in [0.25, 0.3) is 0 Å². The van der Waals surface area contributed by atoms with Crippen molar-refractivity contribution in [3.05, 3.63) is 71.3 Å². The summed E-state index contributed by atoms with van der Waals surface area (Å²) >= 11 is 0. The molecule has 1 fully saturated rings. The van der Waals surface area contributed by atoms with Gasteiger partial charge in [0.1, 0.15) is 0 Å². The van der Waals surface area contributed by atoms with Crippen molar-refractivity contribution in [1.29, 1.82) is 0 Å². The van der Waals surface area contributed by atoms with Crippen LogP contribution in [0.2, 0.25) is 0 Å². The first-order valence-corrected chi connectivity index (χ1v) is 10.5. The van der Waals surface area contributed by atoms with Gasteiger partial charge in [-0.25, -0.2) is 0 Å². The highest BCUT2D eigenvalue weighted by Gasteiger charge is 2.36. The fourth-order valence-corrected chi connectivity index (χ4v) is 5.43. The Hall–Kier alpha value is -2.28. The van der Waals surface area contributed by atoms with Crippen LogP contribution >= 0.6 is 0 Å². The summed E-state index contributed by atoms with van der Waals surface area (Å²) in [5.41, 5.74) is 7.22. The van der Waals surface area contributed by atoms with Crippen LogP contribution in [0.25, 0.3) is 10.8 Å². The molecule has 138 valence electrons. The molecule has 1 saturated carbocycles. The van der Waals surface area contributed by atoms with E-state index in [1.165, 1.54) is 65.4 Å². The first-order valence-electron chi connectivity index (χ1n) is 10.5. The lowest BCUT2D eigenvalue weighted by atomic mass is 9.72. The Kier molecular flexibility index (Phi) is 3.82. The highest BCUT2D eigenvalue weighted by molar-refractivity contribution is 6.00. The maximum absolute atomic E-state index is 2.50. The van der Waals surface area contributed by atoms with Gasteiger partial charge in [-0.1, -0.05) is 81.6 Å². The maximum atomic E-state index is 2.50. The topological polar surface area (TPSA) is 3.24 Å². The summed E-state index contributed by atoms with van der Waals surface area (Å²) < 4.78 is 0. The van der Waals surface area contributed by atoms with E-state index in [1.807, 2.05) is 0 Å². The van der Waals surface area contributed by atoms with Crippen LogP contribution in [0.4, 0.5) is 11.4 Å². The minimum Gasteiger partial charge on any atom is -0.344 e. The predicted molar refractivity (Wildman–Crippen MR) is 116 cm³/mol. The summed E-state index contributed by atoms with van der Waals surface area (Å²) in [5, 5.41) is 2.69. The highest BCUT2D eigenvalue weighted by atomic mass is 15.1. The lowest BCUT2D eigenvalue weighted by Gasteiger charge is -2.41. The summed E-state index contributed by atoms with van der Waals surface area (Å²) in [6.07, 6.45) is 6.89. The monoisotopic (exact) mass is 355 g/mol. The second-order valence-electron chi connectivity index (χ2n) is 8.98. The largest absolute Gasteiger partial charge is 0.344 e. The molecule has 1 heteroatoms. The summed E-state index contributed by atoms with van der Waals surface area (Å²) in [5.74, 6) is 0.745. The van der Waals surface area contributed by atoms with Crippen LogP contribution in [0.15, 0.2) is 54.6 Å². The van der Waals surface area contributed by atoms with Crippen LogP contribution in [0.3, 0.4) is 0 Å². The molecule has 1 aliphatic heterocycles. The second-order valence-corrected chi connectivity index (χ2v) is 8.98. The molecule has 1 aliphatic carbocycles. The molecule has 1 heterocycles. The zero-order valence-electron chi connectivity index (χ0n) is 16.8. The number of rotatable bonds is 1. The van der Waals surface area contributed by atoms with Gasteiger partial charge in [0, 0.05) is 23.5 Å². The quantitative estimate of drug-likeness (QED) is 0.443. The van der Waals surface area contributed by atoms with E-state index in [0.717, 1.165) is 5.92 Å². The van der Waals surface area contributed by atoms with Crippen molar-refractivity contribution in [3.63, 3.8) is 0 Å². The van der Waals surface area contributed by atoms with Gasteiger partial charge in [-0.15, -0.1) is 0 Å². The Bertz CT molecular complexity index is 1010. The number of hydrogen-bond donors (Lipinski definition) is 0. The Morgan fingerprint density at radius 2 is 1.59 bits per heavy atom. The summed E-state index contributed by atoms with van der Waals surface area (Å²) in [4.78, 5) is 2.45. The maximum Gasteiger partial charge on any atom is 0.0529 e. The Labute approximate surface area is 163 Å². The van der Waals surface area contributed by atoms with Gasteiger partial charge in [-0.2, -0.15) is 0 Å². The number of hydrogen-bond acceptors (Lipinski definition) is 1. The number of fused-ring (bicyclic) bond motifs is 4. The van der Waals surface area contributed by atoms with Crippen LogP contribution in [0.5, 0.6) is 0 Å². The SMILES string of the molecule is CN1c2cc(C3CCCCC3)ccc2C(C)(C)c2ccc3ccccc3c21. The van der Waals surface area contributed by atoms with Gasteiger partial charge < -0.3 is 4.90 Å². The predicted octanol–water partition coefficient (Wildman–Crippen LogP) is 7.29. The molecule has 0 atom stereocenters. The van der Waals surface area contributed by atoms with Crippen LogP contribution in [0, 0.1) is 0 Å². The van der Waals surface area contributed by atoms with Crippen LogP contribution in [0.1, 0.15) is 68.6 Å². The smallest absolute Gasteiger partial charge is 0.0529 e. The van der Waals surface area contributed by atoms with E-state index in [-0.39, 0.29) is 5.41 Å². The molecule has 0 unspecified atom stereocenters. The van der Waals surface area contributed by atoms with E-state index < -0.39 is 0 Å². The van der Waals surface area contributed by atoms with Crippen LogP contribution < -0.4 is 4.90 Å². The van der Waals surface area contributed by atoms with E-state index in [2.05, 4.69) is 80.4 Å². The molecule has 2 aliphatic rings. The molecule has 0 amide bonds. The Balaban J connectivity index is 1.70. The number of benzene rings is 3. The third kappa shape index (κ3) is 2.51. The molecule has 27 heavy (non-hydrogen) atoms. The standard InChI is InChI=1S/C26H29N/c1-26(2)22-15-14-20(18-9-5-4-6-10-18)17-24(22)27(3)25-21-12-8-7-11-19(21)13-16-23(25)26/h7-8,11-18H,4-6,9-10H2,1-3H3. The molecular formula is C26H29N. The molecule has 3 aromatic carbocycles. The van der Waals surface area contributed by atoms with Gasteiger partial charge in [-0.05, 0) is 46.9 Å². The molecule has 0 bridgehead atoms. The molecule has 0 radical (unpaired) electrons. The third-order valence-corrected chi connectivity index (χ3v) is 7.04. The third-order valence-electron chi connectivity index (χ3n) is 7.04. The van der Waals surface area contributed by atoms with Crippen molar-refractivity contribution in [2.45, 2.75) is 57.3 Å². The molecule has 0 saturated heterocycles. The van der Waals surface area contributed by atoms with Crippen LogP contribution in [-0.2, 0) is 5.41 Å². The Morgan fingerprint density at radius 3 is 2.41 bits per heavy atom. The molecular weight excluding hydrogens is 326 g/mol. The highest BCUT2D eigenvalue weighted by Crippen LogP contribution is 2.51. The average Bonchev–Trinajstić information content (AvgIpc) is 2.72. The van der Waals surface area contributed by atoms with Crippen molar-refractivity contribution in [3.8, 4) is 0 Å². The number of anilines is 2. The van der Waals surface area contributed by atoms with Gasteiger partial charge >= 0.3 is 0 Å². The van der Waals surface area contributed by atoms with Crippen molar-refractivity contribution < 1.29 is 0 Å². The summed E-state index contributed by atoms with van der Waals surface area (Å²) in [6, 6.07) is 20.7. The van der Waals surface area contributed by atoms with Gasteiger partial charge in [0.2, 0.25) is 0 Å². The summed E-state index contributed by atoms with van der Waals surface area (Å²) in [7, 11) is 2.25. The molecule has 1 nitrogen and oxygen atoms in total. The molecule has 0 aromatic heterocycles. The lowest BCUT2D eigenvalue weighted by Crippen LogP contribution is -2.31. The molecule has 5 rings (SSSR count). The van der Waals surface area contributed by atoms with Crippen molar-refractivity contribution in [2.75, 3.05) is 11.9 Å². The molecule has 0 spiro atoms. The minimum absolute atomic E-state index is 0.0201. The Morgan fingerprint density at radius 1 is 0.852 bits per heavy atom. The first-order chi connectivity index (χ1) is 13.1. The number of nitrogens with zero attached hydrogens (tertiary/aromatic N) is 1. The first kappa shape index (κ1) is 16.9. The fraction of sp³-hybridized carbons (Fsp3) is 0.385. The van der Waals surface area contributed by atoms with E-state index in [0.29, 0.717) is 0 Å². The van der Waals surface area contributed by atoms with Crippen molar-refractivity contribution >= 4 is 22.1 Å².